The van der Waals surface area contributed by atoms with Crippen molar-refractivity contribution in [3.05, 3.63) is 34.1 Å². The van der Waals surface area contributed by atoms with E-state index in [-0.39, 0.29) is 12.8 Å². The Bertz CT molecular complexity index is 619. The zero-order valence-electron chi connectivity index (χ0n) is 10.3. The fraction of sp³-hybridized carbons (Fsp3) is 0.308. The second kappa shape index (κ2) is 5.95. The largest absolute Gasteiger partial charge is 0.392 e. The van der Waals surface area contributed by atoms with Crippen molar-refractivity contribution in [3.8, 4) is 17.5 Å². The number of nitrogens with zero attached hydrogens (tertiary/aromatic N) is 3. The average Bonchev–Trinajstić information content (AvgIpc) is 2.81. The molecule has 2 aromatic rings. The van der Waals surface area contributed by atoms with Gasteiger partial charge in [-0.25, -0.2) is 0 Å². The Morgan fingerprint density at radius 2 is 2.32 bits per heavy atom. The van der Waals surface area contributed by atoms with E-state index in [1.54, 1.807) is 0 Å². The number of aliphatic hydroxyl groups excluding tert-OH is 1. The van der Waals surface area contributed by atoms with E-state index in [2.05, 4.69) is 26.1 Å². The van der Waals surface area contributed by atoms with Crippen molar-refractivity contribution in [2.45, 2.75) is 25.9 Å². The maximum absolute atomic E-state index is 9.51. The second-order valence-corrected chi connectivity index (χ2v) is 5.05. The molecule has 0 bridgehead atoms. The first-order chi connectivity index (χ1) is 9.10. The maximum atomic E-state index is 9.51. The summed E-state index contributed by atoms with van der Waals surface area (Å²) in [6.07, 6.45) is -0.537. The highest BCUT2D eigenvalue weighted by atomic mass is 79.9. The maximum Gasteiger partial charge on any atom is 0.229 e. The summed E-state index contributed by atoms with van der Waals surface area (Å²) >= 11 is 3.45. The Labute approximate surface area is 119 Å². The molecule has 19 heavy (non-hydrogen) atoms. The van der Waals surface area contributed by atoms with Gasteiger partial charge in [0.1, 0.15) is 0 Å². The van der Waals surface area contributed by atoms with E-state index in [0.29, 0.717) is 11.7 Å². The Morgan fingerprint density at radius 3 is 3.00 bits per heavy atom. The molecule has 0 saturated carbocycles. The van der Waals surface area contributed by atoms with Crippen molar-refractivity contribution in [2.75, 3.05) is 0 Å². The number of nitriles is 1. The van der Waals surface area contributed by atoms with Gasteiger partial charge in [-0.05, 0) is 18.6 Å². The third kappa shape index (κ3) is 3.40. The average molecular weight is 322 g/mol. The first kappa shape index (κ1) is 13.7. The molecule has 1 aromatic heterocycles. The fourth-order valence-electron chi connectivity index (χ4n) is 1.57. The van der Waals surface area contributed by atoms with Crippen molar-refractivity contribution in [1.29, 1.82) is 5.26 Å². The van der Waals surface area contributed by atoms with Gasteiger partial charge in [-0.1, -0.05) is 33.2 Å². The molecule has 1 aromatic carbocycles. The molecular formula is C13H12BrN3O2. The molecule has 5 nitrogen and oxygen atoms in total. The summed E-state index contributed by atoms with van der Waals surface area (Å²) in [5.41, 5.74) is 1.96. The van der Waals surface area contributed by atoms with Gasteiger partial charge in [-0.2, -0.15) is 10.2 Å². The van der Waals surface area contributed by atoms with E-state index in [9.17, 15) is 5.11 Å². The quantitative estimate of drug-likeness (QED) is 0.935. The molecule has 0 fully saturated rings. The van der Waals surface area contributed by atoms with Gasteiger partial charge >= 0.3 is 0 Å². The van der Waals surface area contributed by atoms with Crippen LogP contribution in [0, 0.1) is 18.3 Å². The second-order valence-electron chi connectivity index (χ2n) is 4.20. The van der Waals surface area contributed by atoms with Crippen LogP contribution in [0.15, 0.2) is 27.2 Å². The van der Waals surface area contributed by atoms with Crippen molar-refractivity contribution in [1.82, 2.24) is 10.1 Å². The van der Waals surface area contributed by atoms with Gasteiger partial charge in [-0.3, -0.25) is 0 Å². The van der Waals surface area contributed by atoms with E-state index in [0.717, 1.165) is 15.6 Å². The minimum absolute atomic E-state index is 0.0494. The van der Waals surface area contributed by atoms with Crippen LogP contribution in [0.3, 0.4) is 0 Å². The number of hydrogen-bond acceptors (Lipinski definition) is 5. The number of halogens is 1. The molecule has 1 unspecified atom stereocenters. The summed E-state index contributed by atoms with van der Waals surface area (Å²) in [7, 11) is 0. The Kier molecular flexibility index (Phi) is 4.30. The summed E-state index contributed by atoms with van der Waals surface area (Å²) in [4.78, 5) is 4.21. The van der Waals surface area contributed by atoms with E-state index >= 15 is 0 Å². The van der Waals surface area contributed by atoms with E-state index in [1.807, 2.05) is 31.2 Å². The summed E-state index contributed by atoms with van der Waals surface area (Å²) < 4.78 is 6.03. The van der Waals surface area contributed by atoms with Crippen molar-refractivity contribution >= 4 is 15.9 Å². The molecule has 0 saturated heterocycles. The van der Waals surface area contributed by atoms with Crippen LogP contribution in [0.1, 0.15) is 17.9 Å². The highest BCUT2D eigenvalue weighted by Crippen LogP contribution is 2.23. The molecule has 1 N–H and O–H groups in total. The topological polar surface area (TPSA) is 82.9 Å². The lowest BCUT2D eigenvalue weighted by atomic mass is 10.1. The van der Waals surface area contributed by atoms with Crippen LogP contribution in [-0.2, 0) is 6.42 Å². The molecule has 1 heterocycles. The zero-order chi connectivity index (χ0) is 13.8. The molecule has 0 amide bonds. The monoisotopic (exact) mass is 321 g/mol. The molecular weight excluding hydrogens is 310 g/mol. The Balaban J connectivity index is 2.16. The molecule has 98 valence electrons. The number of aryl methyl sites for hydroxylation is 1. The molecule has 0 radical (unpaired) electrons. The summed E-state index contributed by atoms with van der Waals surface area (Å²) in [5.74, 6) is 0.800. The van der Waals surface area contributed by atoms with Crippen LogP contribution >= 0.6 is 15.9 Å². The minimum atomic E-state index is -0.775. The van der Waals surface area contributed by atoms with E-state index in [1.165, 1.54) is 0 Å². The molecule has 0 aliphatic rings. The predicted molar refractivity (Wildman–Crippen MR) is 72.1 cm³/mol. The number of benzene rings is 1. The van der Waals surface area contributed by atoms with Crippen LogP contribution in [0.4, 0.5) is 0 Å². The van der Waals surface area contributed by atoms with Crippen LogP contribution < -0.4 is 0 Å². The highest BCUT2D eigenvalue weighted by Gasteiger charge is 2.13. The van der Waals surface area contributed by atoms with E-state index < -0.39 is 6.10 Å². The van der Waals surface area contributed by atoms with Gasteiger partial charge in [0.2, 0.25) is 11.7 Å². The van der Waals surface area contributed by atoms with E-state index in [4.69, 9.17) is 9.78 Å². The Hall–Kier alpha value is -1.71. The van der Waals surface area contributed by atoms with Gasteiger partial charge in [0.25, 0.3) is 0 Å². The summed E-state index contributed by atoms with van der Waals surface area (Å²) in [6.45, 7) is 1.99. The normalized spacial score (nSPS) is 12.1. The lowest BCUT2D eigenvalue weighted by molar-refractivity contribution is 0.167. The number of aliphatic hydroxyl groups is 1. The van der Waals surface area contributed by atoms with Crippen LogP contribution in [0.25, 0.3) is 11.4 Å². The molecule has 2 rings (SSSR count). The highest BCUT2D eigenvalue weighted by molar-refractivity contribution is 9.10. The zero-order valence-corrected chi connectivity index (χ0v) is 11.9. The molecule has 1 atom stereocenters. The van der Waals surface area contributed by atoms with Gasteiger partial charge in [-0.15, -0.1) is 0 Å². The van der Waals surface area contributed by atoms with Crippen molar-refractivity contribution < 1.29 is 9.63 Å². The van der Waals surface area contributed by atoms with Gasteiger partial charge in [0.15, 0.2) is 0 Å². The van der Waals surface area contributed by atoms with Gasteiger partial charge < -0.3 is 9.63 Å². The number of rotatable bonds is 4. The summed E-state index contributed by atoms with van der Waals surface area (Å²) in [6, 6.07) is 7.67. The van der Waals surface area contributed by atoms with Gasteiger partial charge in [0, 0.05) is 10.0 Å². The molecule has 0 aliphatic carbocycles. The number of hydrogen-bond donors (Lipinski definition) is 1. The third-order valence-electron chi connectivity index (χ3n) is 2.64. The smallest absolute Gasteiger partial charge is 0.229 e. The Morgan fingerprint density at radius 1 is 1.53 bits per heavy atom. The van der Waals surface area contributed by atoms with Crippen LogP contribution in [-0.4, -0.2) is 21.4 Å². The predicted octanol–water partition coefficient (Wildman–Crippen LogP) is 2.62. The third-order valence-corrected chi connectivity index (χ3v) is 3.49. The lowest BCUT2D eigenvalue weighted by Gasteiger charge is -2.00. The number of aromatic nitrogens is 2. The summed E-state index contributed by atoms with van der Waals surface area (Å²) in [5, 5.41) is 21.8. The fourth-order valence-corrected chi connectivity index (χ4v) is 1.94. The van der Waals surface area contributed by atoms with Crippen LogP contribution in [0.5, 0.6) is 0 Å². The first-order valence-corrected chi connectivity index (χ1v) is 6.53. The lowest BCUT2D eigenvalue weighted by Crippen LogP contribution is -2.09. The van der Waals surface area contributed by atoms with Crippen LogP contribution in [0.2, 0.25) is 0 Å². The molecule has 0 spiro atoms. The van der Waals surface area contributed by atoms with Gasteiger partial charge in [0.05, 0.1) is 25.0 Å². The molecule has 0 aliphatic heterocycles. The molecule has 6 heteroatoms. The van der Waals surface area contributed by atoms with Crippen molar-refractivity contribution in [2.24, 2.45) is 0 Å². The van der Waals surface area contributed by atoms with Crippen molar-refractivity contribution in [3.63, 3.8) is 0 Å². The SMILES string of the molecule is Cc1ccc(-c2noc(CC(O)CC#N)n2)cc1Br. The minimum Gasteiger partial charge on any atom is -0.392 e. The first-order valence-electron chi connectivity index (χ1n) is 5.74. The standard InChI is InChI=1S/C13H12BrN3O2/c1-8-2-3-9(6-11(8)14)13-16-12(19-17-13)7-10(18)4-5-15/h2-3,6,10,18H,4,7H2,1H3.